The summed E-state index contributed by atoms with van der Waals surface area (Å²) in [6.45, 7) is 0. The van der Waals surface area contributed by atoms with E-state index in [1.807, 2.05) is 36.4 Å². The predicted molar refractivity (Wildman–Crippen MR) is 90.8 cm³/mol. The quantitative estimate of drug-likeness (QED) is 0.691. The zero-order chi connectivity index (χ0) is 15.9. The van der Waals surface area contributed by atoms with E-state index in [0.29, 0.717) is 0 Å². The average Bonchev–Trinajstić information content (AvgIpc) is 2.59. The molecule has 0 aromatic heterocycles. The Balaban J connectivity index is 2.16. The fourth-order valence-corrected chi connectivity index (χ4v) is 4.02. The molecular formula is C16H18O4S2. The van der Waals surface area contributed by atoms with Crippen molar-refractivity contribution >= 4 is 21.6 Å². The molecule has 2 aromatic carbocycles. The van der Waals surface area contributed by atoms with Gasteiger partial charge in [-0.1, -0.05) is 0 Å². The Morgan fingerprint density at radius 2 is 1.00 bits per heavy atom. The van der Waals surface area contributed by atoms with Crippen LogP contribution in [0.2, 0.25) is 0 Å². The van der Waals surface area contributed by atoms with E-state index in [4.69, 9.17) is 18.9 Å². The second-order valence-corrected chi connectivity index (χ2v) is 6.41. The Bertz CT molecular complexity index is 576. The summed E-state index contributed by atoms with van der Waals surface area (Å²) in [6, 6.07) is 11.5. The van der Waals surface area contributed by atoms with Crippen molar-refractivity contribution in [3.05, 3.63) is 36.4 Å². The molecule has 0 saturated heterocycles. The van der Waals surface area contributed by atoms with E-state index in [0.717, 1.165) is 32.8 Å². The van der Waals surface area contributed by atoms with Crippen molar-refractivity contribution in [1.29, 1.82) is 0 Å². The maximum Gasteiger partial charge on any atom is 0.136 e. The predicted octanol–water partition coefficient (Wildman–Crippen LogP) is 4.52. The lowest BCUT2D eigenvalue weighted by molar-refractivity contribution is 0.387. The first-order valence-electron chi connectivity index (χ1n) is 6.50. The van der Waals surface area contributed by atoms with Crippen molar-refractivity contribution < 1.29 is 18.9 Å². The molecule has 4 nitrogen and oxygen atoms in total. The summed E-state index contributed by atoms with van der Waals surface area (Å²) in [4.78, 5) is 2.04. The first-order valence-corrected chi connectivity index (χ1v) is 8.65. The smallest absolute Gasteiger partial charge is 0.136 e. The highest BCUT2D eigenvalue weighted by Gasteiger charge is 2.10. The monoisotopic (exact) mass is 338 g/mol. The van der Waals surface area contributed by atoms with E-state index in [9.17, 15) is 0 Å². The Morgan fingerprint density at radius 3 is 1.32 bits per heavy atom. The van der Waals surface area contributed by atoms with Crippen LogP contribution in [0.15, 0.2) is 46.2 Å². The van der Waals surface area contributed by atoms with E-state index in [-0.39, 0.29) is 0 Å². The molecule has 0 amide bonds. The van der Waals surface area contributed by atoms with Crippen molar-refractivity contribution in [2.75, 3.05) is 28.4 Å². The topological polar surface area (TPSA) is 36.9 Å². The lowest BCUT2D eigenvalue weighted by Crippen LogP contribution is -1.89. The minimum atomic E-state index is 0.772. The highest BCUT2D eigenvalue weighted by molar-refractivity contribution is 8.76. The third-order valence-corrected chi connectivity index (χ3v) is 5.41. The van der Waals surface area contributed by atoms with Crippen LogP contribution in [0.5, 0.6) is 23.0 Å². The van der Waals surface area contributed by atoms with Crippen molar-refractivity contribution in [2.24, 2.45) is 0 Å². The van der Waals surface area contributed by atoms with Gasteiger partial charge in [0.1, 0.15) is 23.0 Å². The average molecular weight is 338 g/mol. The van der Waals surface area contributed by atoms with Crippen molar-refractivity contribution in [2.45, 2.75) is 9.79 Å². The number of benzene rings is 2. The van der Waals surface area contributed by atoms with E-state index in [2.05, 4.69) is 0 Å². The largest absolute Gasteiger partial charge is 0.497 e. The summed E-state index contributed by atoms with van der Waals surface area (Å²) in [5.74, 6) is 3.11. The molecule has 0 radical (unpaired) electrons. The summed E-state index contributed by atoms with van der Waals surface area (Å²) >= 11 is 0. The third kappa shape index (κ3) is 3.96. The van der Waals surface area contributed by atoms with E-state index < -0.39 is 0 Å². The van der Waals surface area contributed by atoms with Crippen molar-refractivity contribution in [1.82, 2.24) is 0 Å². The molecule has 0 unspecified atom stereocenters. The summed E-state index contributed by atoms with van der Waals surface area (Å²) in [6.07, 6.45) is 0. The summed E-state index contributed by atoms with van der Waals surface area (Å²) < 4.78 is 21.2. The second-order valence-electron chi connectivity index (χ2n) is 4.20. The van der Waals surface area contributed by atoms with Gasteiger partial charge in [0.05, 0.1) is 38.2 Å². The molecule has 0 N–H and O–H groups in total. The van der Waals surface area contributed by atoms with Gasteiger partial charge in [0.2, 0.25) is 0 Å². The van der Waals surface area contributed by atoms with Crippen molar-refractivity contribution in [3.8, 4) is 23.0 Å². The van der Waals surface area contributed by atoms with Crippen LogP contribution in [0.25, 0.3) is 0 Å². The molecule has 0 fully saturated rings. The van der Waals surface area contributed by atoms with Gasteiger partial charge in [0, 0.05) is 12.1 Å². The van der Waals surface area contributed by atoms with Gasteiger partial charge < -0.3 is 18.9 Å². The summed E-state index contributed by atoms with van der Waals surface area (Å²) in [5, 5.41) is 0. The van der Waals surface area contributed by atoms with Crippen LogP contribution in [0.4, 0.5) is 0 Å². The lowest BCUT2D eigenvalue weighted by atomic mass is 10.3. The molecule has 22 heavy (non-hydrogen) atoms. The standard InChI is InChI=1S/C16H18O4S2/c1-17-11-5-7-15(13(9-11)19-3)21-22-16-8-6-12(18-2)10-14(16)20-4/h5-10H,1-4H3. The SMILES string of the molecule is COc1ccc(SSc2ccc(OC)cc2OC)c(OC)c1. The molecule has 0 bridgehead atoms. The van der Waals surface area contributed by atoms with Gasteiger partial charge in [-0.2, -0.15) is 0 Å². The van der Waals surface area contributed by atoms with Crippen LogP contribution in [-0.4, -0.2) is 28.4 Å². The molecule has 2 aromatic rings. The van der Waals surface area contributed by atoms with Crippen LogP contribution >= 0.6 is 21.6 Å². The van der Waals surface area contributed by atoms with Crippen LogP contribution < -0.4 is 18.9 Å². The molecular weight excluding hydrogens is 320 g/mol. The molecule has 118 valence electrons. The number of ether oxygens (including phenoxy) is 4. The Kier molecular flexibility index (Phi) is 6.15. The molecule has 0 saturated carbocycles. The van der Waals surface area contributed by atoms with Gasteiger partial charge in [-0.3, -0.25) is 0 Å². The first-order chi connectivity index (χ1) is 10.7. The lowest BCUT2D eigenvalue weighted by Gasteiger charge is -2.11. The molecule has 0 aliphatic heterocycles. The molecule has 0 heterocycles. The zero-order valence-electron chi connectivity index (χ0n) is 12.9. The fraction of sp³-hybridized carbons (Fsp3) is 0.250. The van der Waals surface area contributed by atoms with Gasteiger partial charge in [-0.25, -0.2) is 0 Å². The van der Waals surface area contributed by atoms with Gasteiger partial charge in [-0.15, -0.1) is 0 Å². The molecule has 0 spiro atoms. The number of methoxy groups -OCH3 is 4. The van der Waals surface area contributed by atoms with Crippen LogP contribution in [0.3, 0.4) is 0 Å². The Morgan fingerprint density at radius 1 is 0.591 bits per heavy atom. The molecule has 0 aliphatic rings. The highest BCUT2D eigenvalue weighted by Crippen LogP contribution is 2.46. The van der Waals surface area contributed by atoms with Crippen molar-refractivity contribution in [3.63, 3.8) is 0 Å². The van der Waals surface area contributed by atoms with Gasteiger partial charge in [-0.05, 0) is 45.9 Å². The normalized spacial score (nSPS) is 10.2. The minimum absolute atomic E-state index is 0.772. The maximum atomic E-state index is 5.40. The summed E-state index contributed by atoms with van der Waals surface area (Å²) in [5.41, 5.74) is 0. The maximum absolute atomic E-state index is 5.40. The minimum Gasteiger partial charge on any atom is -0.497 e. The first kappa shape index (κ1) is 16.7. The van der Waals surface area contributed by atoms with E-state index >= 15 is 0 Å². The molecule has 2 rings (SSSR count). The van der Waals surface area contributed by atoms with E-state index in [1.165, 1.54) is 0 Å². The van der Waals surface area contributed by atoms with Crippen LogP contribution in [0, 0.1) is 0 Å². The Labute approximate surface area is 138 Å². The zero-order valence-corrected chi connectivity index (χ0v) is 14.5. The molecule has 0 atom stereocenters. The van der Waals surface area contributed by atoms with Crippen LogP contribution in [0.1, 0.15) is 0 Å². The van der Waals surface area contributed by atoms with Gasteiger partial charge >= 0.3 is 0 Å². The number of hydrogen-bond acceptors (Lipinski definition) is 6. The number of hydrogen-bond donors (Lipinski definition) is 0. The van der Waals surface area contributed by atoms with E-state index in [1.54, 1.807) is 50.0 Å². The molecule has 6 heteroatoms. The van der Waals surface area contributed by atoms with Crippen LogP contribution in [-0.2, 0) is 0 Å². The summed E-state index contributed by atoms with van der Waals surface area (Å²) in [7, 11) is 9.78. The second kappa shape index (κ2) is 8.10. The molecule has 0 aliphatic carbocycles. The number of rotatable bonds is 7. The van der Waals surface area contributed by atoms with Gasteiger partial charge in [0.15, 0.2) is 0 Å². The highest BCUT2D eigenvalue weighted by atomic mass is 33.1. The Hall–Kier alpha value is -1.66. The third-order valence-electron chi connectivity index (χ3n) is 2.96. The van der Waals surface area contributed by atoms with Gasteiger partial charge in [0.25, 0.3) is 0 Å². The fourth-order valence-electron chi connectivity index (χ4n) is 1.78.